The number of nitro benzene ring substituents is 1. The molecule has 1 aromatic carbocycles. The van der Waals surface area contributed by atoms with Gasteiger partial charge in [-0.2, -0.15) is 0 Å². The number of non-ortho nitro benzene ring substituents is 1. The molecule has 0 saturated carbocycles. The zero-order chi connectivity index (χ0) is 12.8. The average Bonchev–Trinajstić information content (AvgIpc) is 2.29. The zero-order valence-electron chi connectivity index (χ0n) is 9.50. The molecule has 0 radical (unpaired) electrons. The number of carbonyl (C=O) groups excluding carboxylic acids is 1. The zero-order valence-corrected chi connectivity index (χ0v) is 9.50. The highest BCUT2D eigenvalue weighted by atomic mass is 16.6. The maximum Gasteiger partial charge on any atom is 0.269 e. The molecule has 1 aromatic rings. The number of nitrogens with zero attached hydrogens (tertiary/aromatic N) is 2. The summed E-state index contributed by atoms with van der Waals surface area (Å²) in [4.78, 5) is 23.1. The number of likely N-dealkylation sites (N-methyl/N-ethyl adjacent to an activating group) is 1. The predicted molar refractivity (Wildman–Crippen MR) is 61.5 cm³/mol. The summed E-state index contributed by atoms with van der Waals surface area (Å²) in [5, 5.41) is 19.2. The van der Waals surface area contributed by atoms with E-state index in [9.17, 15) is 14.9 Å². The van der Waals surface area contributed by atoms with Gasteiger partial charge in [-0.15, -0.1) is 0 Å². The van der Waals surface area contributed by atoms with E-state index in [4.69, 9.17) is 5.11 Å². The Hall–Kier alpha value is -1.95. The summed E-state index contributed by atoms with van der Waals surface area (Å²) in [7, 11) is 1.58. The molecular formula is C11H14N2O4. The summed E-state index contributed by atoms with van der Waals surface area (Å²) in [6.07, 6.45) is 0.0954. The second-order valence-electron chi connectivity index (χ2n) is 3.64. The van der Waals surface area contributed by atoms with Crippen molar-refractivity contribution in [3.63, 3.8) is 0 Å². The van der Waals surface area contributed by atoms with E-state index in [1.807, 2.05) is 0 Å². The van der Waals surface area contributed by atoms with E-state index >= 15 is 0 Å². The normalized spacial score (nSPS) is 10.0. The Balaban J connectivity index is 2.71. The van der Waals surface area contributed by atoms with Crippen LogP contribution in [0.5, 0.6) is 0 Å². The van der Waals surface area contributed by atoms with E-state index < -0.39 is 4.92 Å². The number of hydrogen-bond acceptors (Lipinski definition) is 4. The van der Waals surface area contributed by atoms with Crippen molar-refractivity contribution >= 4 is 11.6 Å². The first-order valence-corrected chi connectivity index (χ1v) is 5.12. The van der Waals surface area contributed by atoms with Crippen LogP contribution < -0.4 is 0 Å². The van der Waals surface area contributed by atoms with Crippen LogP contribution in [-0.2, 0) is 11.2 Å². The lowest BCUT2D eigenvalue weighted by Crippen LogP contribution is -2.30. The Morgan fingerprint density at radius 2 is 2.24 bits per heavy atom. The van der Waals surface area contributed by atoms with Gasteiger partial charge >= 0.3 is 0 Å². The number of carbonyl (C=O) groups is 1. The lowest BCUT2D eigenvalue weighted by molar-refractivity contribution is -0.384. The molecule has 0 unspecified atom stereocenters. The van der Waals surface area contributed by atoms with E-state index in [-0.39, 0.29) is 31.2 Å². The largest absolute Gasteiger partial charge is 0.395 e. The Bertz CT molecular complexity index is 420. The van der Waals surface area contributed by atoms with Crippen LogP contribution in [0.3, 0.4) is 0 Å². The van der Waals surface area contributed by atoms with Gasteiger partial charge in [-0.1, -0.05) is 12.1 Å². The highest BCUT2D eigenvalue weighted by Gasteiger charge is 2.11. The number of aliphatic hydroxyl groups is 1. The highest BCUT2D eigenvalue weighted by molar-refractivity contribution is 5.78. The van der Waals surface area contributed by atoms with Crippen molar-refractivity contribution in [2.24, 2.45) is 0 Å². The third-order valence-corrected chi connectivity index (χ3v) is 2.34. The highest BCUT2D eigenvalue weighted by Crippen LogP contribution is 2.13. The summed E-state index contributed by atoms with van der Waals surface area (Å²) in [5.41, 5.74) is 0.564. The molecule has 1 amide bonds. The molecule has 0 aliphatic rings. The third-order valence-electron chi connectivity index (χ3n) is 2.34. The van der Waals surface area contributed by atoms with Gasteiger partial charge in [-0.3, -0.25) is 14.9 Å². The number of aliphatic hydroxyl groups excluding tert-OH is 1. The standard InChI is InChI=1S/C11H14N2O4/c1-12(5-6-14)11(15)8-9-3-2-4-10(7-9)13(16)17/h2-4,7,14H,5-6,8H2,1H3. The molecule has 6 nitrogen and oxygen atoms in total. The number of rotatable bonds is 5. The molecular weight excluding hydrogens is 224 g/mol. The molecule has 0 aliphatic heterocycles. The SMILES string of the molecule is CN(CCO)C(=O)Cc1cccc([N+](=O)[O-])c1. The molecule has 0 aliphatic carbocycles. The number of hydrogen-bond donors (Lipinski definition) is 1. The van der Waals surface area contributed by atoms with Crippen molar-refractivity contribution in [1.29, 1.82) is 0 Å². The molecule has 17 heavy (non-hydrogen) atoms. The number of amides is 1. The minimum Gasteiger partial charge on any atom is -0.395 e. The fraction of sp³-hybridized carbons (Fsp3) is 0.364. The van der Waals surface area contributed by atoms with Crippen LogP contribution in [0.15, 0.2) is 24.3 Å². The van der Waals surface area contributed by atoms with Gasteiger partial charge in [0.1, 0.15) is 0 Å². The minimum atomic E-state index is -0.495. The molecule has 1 rings (SSSR count). The molecule has 92 valence electrons. The molecule has 0 saturated heterocycles. The second-order valence-corrected chi connectivity index (χ2v) is 3.64. The fourth-order valence-electron chi connectivity index (χ4n) is 1.36. The lowest BCUT2D eigenvalue weighted by Gasteiger charge is -2.15. The van der Waals surface area contributed by atoms with Gasteiger partial charge in [0.05, 0.1) is 18.0 Å². The van der Waals surface area contributed by atoms with Crippen LogP contribution in [0.4, 0.5) is 5.69 Å². The van der Waals surface area contributed by atoms with Crippen LogP contribution in [0, 0.1) is 10.1 Å². The van der Waals surface area contributed by atoms with E-state index in [0.29, 0.717) is 5.56 Å². The molecule has 0 bridgehead atoms. The van der Waals surface area contributed by atoms with Crippen LogP contribution in [0.25, 0.3) is 0 Å². The Morgan fingerprint density at radius 3 is 2.82 bits per heavy atom. The summed E-state index contributed by atoms with van der Waals surface area (Å²) >= 11 is 0. The quantitative estimate of drug-likeness (QED) is 0.601. The van der Waals surface area contributed by atoms with Crippen LogP contribution in [0.1, 0.15) is 5.56 Å². The van der Waals surface area contributed by atoms with Gasteiger partial charge in [0, 0.05) is 25.7 Å². The Morgan fingerprint density at radius 1 is 1.53 bits per heavy atom. The topological polar surface area (TPSA) is 83.7 Å². The van der Waals surface area contributed by atoms with Gasteiger partial charge in [0.2, 0.25) is 5.91 Å². The Kier molecular flexibility index (Phi) is 4.59. The van der Waals surface area contributed by atoms with Crippen molar-refractivity contribution in [3.05, 3.63) is 39.9 Å². The number of benzene rings is 1. The first kappa shape index (κ1) is 13.1. The maximum absolute atomic E-state index is 11.6. The third kappa shape index (κ3) is 3.84. The van der Waals surface area contributed by atoms with E-state index in [1.165, 1.54) is 17.0 Å². The van der Waals surface area contributed by atoms with Crippen molar-refractivity contribution in [2.75, 3.05) is 20.2 Å². The first-order valence-electron chi connectivity index (χ1n) is 5.12. The molecule has 0 aromatic heterocycles. The van der Waals surface area contributed by atoms with Crippen LogP contribution >= 0.6 is 0 Å². The lowest BCUT2D eigenvalue weighted by atomic mass is 10.1. The first-order chi connectivity index (χ1) is 8.04. The van der Waals surface area contributed by atoms with Crippen molar-refractivity contribution in [1.82, 2.24) is 4.90 Å². The van der Waals surface area contributed by atoms with E-state index in [1.54, 1.807) is 19.2 Å². The minimum absolute atomic E-state index is 0.0277. The summed E-state index contributed by atoms with van der Waals surface area (Å²) in [5.74, 6) is -0.181. The van der Waals surface area contributed by atoms with Crippen LogP contribution in [-0.4, -0.2) is 41.0 Å². The van der Waals surface area contributed by atoms with E-state index in [2.05, 4.69) is 0 Å². The molecule has 0 fully saturated rings. The molecule has 0 spiro atoms. The van der Waals surface area contributed by atoms with Crippen LogP contribution in [0.2, 0.25) is 0 Å². The number of nitro groups is 1. The molecule has 0 heterocycles. The van der Waals surface area contributed by atoms with Gasteiger partial charge in [-0.05, 0) is 5.56 Å². The molecule has 1 N–H and O–H groups in total. The molecule has 0 atom stereocenters. The van der Waals surface area contributed by atoms with Crippen molar-refractivity contribution in [2.45, 2.75) is 6.42 Å². The monoisotopic (exact) mass is 238 g/mol. The smallest absolute Gasteiger partial charge is 0.269 e. The summed E-state index contributed by atoms with van der Waals surface area (Å²) in [6, 6.07) is 5.97. The van der Waals surface area contributed by atoms with Crippen molar-refractivity contribution in [3.8, 4) is 0 Å². The fourth-order valence-corrected chi connectivity index (χ4v) is 1.36. The average molecular weight is 238 g/mol. The van der Waals surface area contributed by atoms with Gasteiger partial charge in [-0.25, -0.2) is 0 Å². The summed E-state index contributed by atoms with van der Waals surface area (Å²) < 4.78 is 0. The predicted octanol–water partition coefficient (Wildman–Crippen LogP) is 0.588. The summed E-state index contributed by atoms with van der Waals surface area (Å²) in [6.45, 7) is 0.158. The van der Waals surface area contributed by atoms with Gasteiger partial charge in [0.25, 0.3) is 5.69 Å². The second kappa shape index (κ2) is 5.95. The van der Waals surface area contributed by atoms with E-state index in [0.717, 1.165) is 0 Å². The maximum atomic E-state index is 11.6. The van der Waals surface area contributed by atoms with Crippen molar-refractivity contribution < 1.29 is 14.8 Å². The Labute approximate surface area is 98.6 Å². The molecule has 6 heteroatoms. The van der Waals surface area contributed by atoms with Gasteiger partial charge < -0.3 is 10.0 Å². The van der Waals surface area contributed by atoms with Gasteiger partial charge in [0.15, 0.2) is 0 Å².